The van der Waals surface area contributed by atoms with E-state index in [9.17, 15) is 0 Å². The molecule has 1 aromatic carbocycles. The van der Waals surface area contributed by atoms with E-state index in [1.54, 1.807) is 0 Å². The zero-order chi connectivity index (χ0) is 10.2. The highest BCUT2D eigenvalue weighted by Crippen LogP contribution is 2.07. The monoisotopic (exact) mass is 190 g/mol. The van der Waals surface area contributed by atoms with E-state index in [2.05, 4.69) is 43.3 Å². The fraction of sp³-hybridized carbons (Fsp3) is 0.385. The number of rotatable bonds is 5. The first kappa shape index (κ1) is 11.0. The Balaban J connectivity index is 2.36. The molecule has 0 saturated carbocycles. The van der Waals surface area contributed by atoms with Gasteiger partial charge in [0.25, 0.3) is 0 Å². The third kappa shape index (κ3) is 4.24. The molecule has 1 N–H and O–H groups in total. The Bertz CT molecular complexity index is 289. The summed E-state index contributed by atoms with van der Waals surface area (Å²) in [6.45, 7) is 2.40. The van der Waals surface area contributed by atoms with Crippen molar-refractivity contribution in [2.75, 3.05) is 6.61 Å². The molecule has 0 fully saturated rings. The molecule has 0 aromatic heterocycles. The standard InChI is InChI=1S/C13H18O/c1-12-7-6-9-13(11-12)8-4-2-3-5-10-14/h4,6-9,11,14H,2-3,5,10H2,1H3/b8-4+. The van der Waals surface area contributed by atoms with Crippen molar-refractivity contribution in [1.29, 1.82) is 0 Å². The van der Waals surface area contributed by atoms with Crippen LogP contribution in [0.25, 0.3) is 6.08 Å². The van der Waals surface area contributed by atoms with Crippen LogP contribution in [0.1, 0.15) is 30.4 Å². The first-order chi connectivity index (χ1) is 6.83. The Morgan fingerprint density at radius 1 is 1.29 bits per heavy atom. The van der Waals surface area contributed by atoms with Crippen molar-refractivity contribution in [3.8, 4) is 0 Å². The zero-order valence-corrected chi connectivity index (χ0v) is 8.74. The second-order valence-electron chi connectivity index (χ2n) is 3.54. The molecule has 1 nitrogen and oxygen atoms in total. The average Bonchev–Trinajstić information content (AvgIpc) is 2.18. The van der Waals surface area contributed by atoms with Crippen molar-refractivity contribution >= 4 is 6.08 Å². The van der Waals surface area contributed by atoms with Crippen molar-refractivity contribution in [2.45, 2.75) is 26.2 Å². The Morgan fingerprint density at radius 3 is 2.86 bits per heavy atom. The minimum atomic E-state index is 0.304. The maximum atomic E-state index is 8.59. The van der Waals surface area contributed by atoms with Gasteiger partial charge in [-0.3, -0.25) is 0 Å². The molecule has 0 atom stereocenters. The lowest BCUT2D eigenvalue weighted by Gasteiger charge is -1.95. The van der Waals surface area contributed by atoms with Gasteiger partial charge in [0.05, 0.1) is 0 Å². The molecule has 1 aromatic rings. The van der Waals surface area contributed by atoms with Gasteiger partial charge >= 0.3 is 0 Å². The van der Waals surface area contributed by atoms with Gasteiger partial charge in [-0.25, -0.2) is 0 Å². The first-order valence-electron chi connectivity index (χ1n) is 5.17. The van der Waals surface area contributed by atoms with Gasteiger partial charge in [0, 0.05) is 6.61 Å². The molecule has 0 unspecified atom stereocenters. The Hall–Kier alpha value is -1.08. The van der Waals surface area contributed by atoms with Crippen molar-refractivity contribution in [1.82, 2.24) is 0 Å². The van der Waals surface area contributed by atoms with Gasteiger partial charge in [-0.2, -0.15) is 0 Å². The van der Waals surface area contributed by atoms with Crippen LogP contribution in [0, 0.1) is 6.92 Å². The zero-order valence-electron chi connectivity index (χ0n) is 8.74. The molecule has 0 saturated heterocycles. The minimum absolute atomic E-state index is 0.304. The first-order valence-corrected chi connectivity index (χ1v) is 5.17. The minimum Gasteiger partial charge on any atom is -0.396 e. The molecular formula is C13H18O. The van der Waals surface area contributed by atoms with Crippen molar-refractivity contribution in [3.05, 3.63) is 41.5 Å². The number of hydrogen-bond acceptors (Lipinski definition) is 1. The summed E-state index contributed by atoms with van der Waals surface area (Å²) in [6, 6.07) is 8.45. The highest BCUT2D eigenvalue weighted by atomic mass is 16.2. The Labute approximate surface area is 86.1 Å². The highest BCUT2D eigenvalue weighted by Gasteiger charge is 1.87. The van der Waals surface area contributed by atoms with E-state index < -0.39 is 0 Å². The van der Waals surface area contributed by atoms with Crippen LogP contribution in [0.4, 0.5) is 0 Å². The van der Waals surface area contributed by atoms with E-state index in [-0.39, 0.29) is 0 Å². The summed E-state index contributed by atoms with van der Waals surface area (Å²) in [5, 5.41) is 8.59. The van der Waals surface area contributed by atoms with Gasteiger partial charge in [-0.1, -0.05) is 42.0 Å². The molecule has 0 aliphatic heterocycles. The van der Waals surface area contributed by atoms with E-state index in [0.29, 0.717) is 6.61 Å². The van der Waals surface area contributed by atoms with Crippen LogP contribution in [0.3, 0.4) is 0 Å². The lowest BCUT2D eigenvalue weighted by atomic mass is 10.1. The van der Waals surface area contributed by atoms with Gasteiger partial charge in [0.15, 0.2) is 0 Å². The normalized spacial score (nSPS) is 11.0. The van der Waals surface area contributed by atoms with Gasteiger partial charge in [-0.05, 0) is 31.7 Å². The molecule has 0 aliphatic carbocycles. The van der Waals surface area contributed by atoms with Crippen LogP contribution in [-0.4, -0.2) is 11.7 Å². The van der Waals surface area contributed by atoms with Gasteiger partial charge in [0.2, 0.25) is 0 Å². The molecule has 0 spiro atoms. The molecule has 0 heterocycles. The topological polar surface area (TPSA) is 20.2 Å². The molecule has 0 aliphatic rings. The summed E-state index contributed by atoms with van der Waals surface area (Å²) in [5.41, 5.74) is 2.55. The average molecular weight is 190 g/mol. The smallest absolute Gasteiger partial charge is 0.0431 e. The molecule has 0 amide bonds. The number of aliphatic hydroxyl groups excluding tert-OH is 1. The van der Waals surface area contributed by atoms with E-state index in [0.717, 1.165) is 19.3 Å². The highest BCUT2D eigenvalue weighted by molar-refractivity contribution is 5.49. The van der Waals surface area contributed by atoms with Crippen molar-refractivity contribution in [2.24, 2.45) is 0 Å². The second kappa shape index (κ2) is 6.39. The molecule has 1 heteroatoms. The number of aliphatic hydroxyl groups is 1. The summed E-state index contributed by atoms with van der Waals surface area (Å²) < 4.78 is 0. The van der Waals surface area contributed by atoms with Gasteiger partial charge < -0.3 is 5.11 Å². The fourth-order valence-electron chi connectivity index (χ4n) is 1.37. The molecular weight excluding hydrogens is 172 g/mol. The number of allylic oxidation sites excluding steroid dienone is 1. The summed E-state index contributed by atoms with van der Waals surface area (Å²) in [6.07, 6.45) is 7.33. The van der Waals surface area contributed by atoms with Crippen LogP contribution < -0.4 is 0 Å². The summed E-state index contributed by atoms with van der Waals surface area (Å²) in [4.78, 5) is 0. The number of hydrogen-bond donors (Lipinski definition) is 1. The molecule has 76 valence electrons. The van der Waals surface area contributed by atoms with Crippen LogP contribution in [-0.2, 0) is 0 Å². The van der Waals surface area contributed by atoms with Crippen molar-refractivity contribution < 1.29 is 5.11 Å². The van der Waals surface area contributed by atoms with Crippen LogP contribution in [0.5, 0.6) is 0 Å². The lowest BCUT2D eigenvalue weighted by Crippen LogP contribution is -1.80. The SMILES string of the molecule is Cc1cccc(/C=C/CCCCO)c1. The lowest BCUT2D eigenvalue weighted by molar-refractivity contribution is 0.285. The second-order valence-corrected chi connectivity index (χ2v) is 3.54. The van der Waals surface area contributed by atoms with Crippen molar-refractivity contribution in [3.63, 3.8) is 0 Å². The Morgan fingerprint density at radius 2 is 2.14 bits per heavy atom. The quantitative estimate of drug-likeness (QED) is 0.707. The van der Waals surface area contributed by atoms with Gasteiger partial charge in [-0.15, -0.1) is 0 Å². The maximum absolute atomic E-state index is 8.59. The Kier molecular flexibility index (Phi) is 5.02. The van der Waals surface area contributed by atoms with E-state index in [1.165, 1.54) is 11.1 Å². The third-order valence-corrected chi connectivity index (χ3v) is 2.13. The number of aryl methyl sites for hydroxylation is 1. The van der Waals surface area contributed by atoms with Crippen LogP contribution in [0.2, 0.25) is 0 Å². The van der Waals surface area contributed by atoms with E-state index in [1.807, 2.05) is 0 Å². The number of benzene rings is 1. The van der Waals surface area contributed by atoms with Crippen LogP contribution in [0.15, 0.2) is 30.3 Å². The molecule has 0 bridgehead atoms. The maximum Gasteiger partial charge on any atom is 0.0431 e. The molecule has 14 heavy (non-hydrogen) atoms. The van der Waals surface area contributed by atoms with E-state index in [4.69, 9.17) is 5.11 Å². The number of unbranched alkanes of at least 4 members (excludes halogenated alkanes) is 2. The van der Waals surface area contributed by atoms with Crippen LogP contribution >= 0.6 is 0 Å². The molecule has 1 rings (SSSR count). The summed E-state index contributed by atoms with van der Waals surface area (Å²) in [7, 11) is 0. The third-order valence-electron chi connectivity index (χ3n) is 2.13. The molecule has 0 radical (unpaired) electrons. The largest absolute Gasteiger partial charge is 0.396 e. The summed E-state index contributed by atoms with van der Waals surface area (Å²) >= 11 is 0. The van der Waals surface area contributed by atoms with E-state index >= 15 is 0 Å². The predicted molar refractivity (Wildman–Crippen MR) is 61.1 cm³/mol. The predicted octanol–water partition coefficient (Wildman–Crippen LogP) is 3.17. The summed E-state index contributed by atoms with van der Waals surface area (Å²) in [5.74, 6) is 0. The fourth-order valence-corrected chi connectivity index (χ4v) is 1.37. The van der Waals surface area contributed by atoms with Gasteiger partial charge in [0.1, 0.15) is 0 Å².